The molecule has 16 heavy (non-hydrogen) atoms. The van der Waals surface area contributed by atoms with Gasteiger partial charge in [0.2, 0.25) is 0 Å². The number of Topliss-reactive ketones (excluding diaryl/α,β-unsaturated/α-hetero) is 1. The van der Waals surface area contributed by atoms with Crippen molar-refractivity contribution in [3.63, 3.8) is 0 Å². The third-order valence-electron chi connectivity index (χ3n) is 3.24. The topological polar surface area (TPSA) is 43.4 Å². The minimum absolute atomic E-state index is 0.0660. The number of hydrogen-bond acceptors (Lipinski definition) is 3. The van der Waals surface area contributed by atoms with Gasteiger partial charge in [-0.3, -0.25) is 9.59 Å². The Hall–Kier alpha value is -1.82. The molecule has 1 heterocycles. The Morgan fingerprint density at radius 2 is 2.25 bits per heavy atom. The van der Waals surface area contributed by atoms with Gasteiger partial charge in [0.15, 0.2) is 11.4 Å². The number of carbonyl (C=O) groups excluding carboxylic acids is 2. The molecule has 1 aromatic carbocycles. The lowest BCUT2D eigenvalue weighted by Crippen LogP contribution is -2.10. The Balaban J connectivity index is 1.73. The summed E-state index contributed by atoms with van der Waals surface area (Å²) in [4.78, 5) is 22.8. The molecular weight excluding hydrogens is 204 g/mol. The number of carbonyl (C=O) groups is 2. The lowest BCUT2D eigenvalue weighted by atomic mass is 9.96. The third-order valence-corrected chi connectivity index (χ3v) is 3.24. The molecule has 1 spiro atoms. The molecule has 0 bridgehead atoms. The minimum atomic E-state index is -0.730. The predicted octanol–water partition coefficient (Wildman–Crippen LogP) is 1.10. The van der Waals surface area contributed by atoms with Crippen LogP contribution in [0.2, 0.25) is 0 Å². The first-order valence-electron chi connectivity index (χ1n) is 5.32. The Morgan fingerprint density at radius 3 is 2.81 bits per heavy atom. The summed E-state index contributed by atoms with van der Waals surface area (Å²) in [5, 5.41) is 0. The standard InChI is InChI=1S/C13H10O3/c14-11-8-13(11)7-10(12(15)16-13)6-9-4-2-1-3-5-9/h2,4-5,10H,6-8H2/t10-,13?/m1/s1. The Morgan fingerprint density at radius 1 is 1.44 bits per heavy atom. The van der Waals surface area contributed by atoms with Gasteiger partial charge < -0.3 is 4.74 Å². The van der Waals surface area contributed by atoms with Gasteiger partial charge in [-0.25, -0.2) is 0 Å². The summed E-state index contributed by atoms with van der Waals surface area (Å²) in [6.07, 6.45) is 1.58. The van der Waals surface area contributed by atoms with Gasteiger partial charge in [0.25, 0.3) is 0 Å². The summed E-state index contributed by atoms with van der Waals surface area (Å²) < 4.78 is 5.15. The van der Waals surface area contributed by atoms with E-state index in [1.165, 1.54) is 0 Å². The van der Waals surface area contributed by atoms with E-state index >= 15 is 0 Å². The first kappa shape index (κ1) is 9.41. The zero-order valence-corrected chi connectivity index (χ0v) is 8.66. The van der Waals surface area contributed by atoms with E-state index in [-0.39, 0.29) is 17.7 Å². The second kappa shape index (κ2) is 3.08. The fraction of sp³-hybridized carbons (Fsp3) is 0.385. The first-order valence-corrected chi connectivity index (χ1v) is 5.32. The zero-order valence-electron chi connectivity index (χ0n) is 8.66. The highest BCUT2D eigenvalue weighted by Crippen LogP contribution is 2.47. The van der Waals surface area contributed by atoms with Gasteiger partial charge in [-0.1, -0.05) is 12.1 Å². The smallest absolute Gasteiger partial charge is 0.310 e. The van der Waals surface area contributed by atoms with Crippen molar-refractivity contribution in [3.8, 4) is 0 Å². The second-order valence-electron chi connectivity index (χ2n) is 4.46. The van der Waals surface area contributed by atoms with Crippen molar-refractivity contribution in [1.82, 2.24) is 0 Å². The highest BCUT2D eigenvalue weighted by Gasteiger charge is 2.63. The second-order valence-corrected chi connectivity index (χ2v) is 4.46. The molecule has 0 aromatic heterocycles. The summed E-state index contributed by atoms with van der Waals surface area (Å²) in [7, 11) is 0. The maximum Gasteiger partial charge on any atom is 0.310 e. The summed E-state index contributed by atoms with van der Waals surface area (Å²) >= 11 is 0. The van der Waals surface area contributed by atoms with Crippen LogP contribution in [-0.4, -0.2) is 17.4 Å². The highest BCUT2D eigenvalue weighted by molar-refractivity contribution is 6.07. The van der Waals surface area contributed by atoms with Crippen LogP contribution in [-0.2, 0) is 20.7 Å². The molecule has 0 amide bonds. The lowest BCUT2D eigenvalue weighted by Gasteiger charge is -2.03. The van der Waals surface area contributed by atoms with E-state index in [1.54, 1.807) is 6.07 Å². The van der Waals surface area contributed by atoms with Gasteiger partial charge in [-0.15, -0.1) is 0 Å². The number of ketones is 1. The van der Waals surface area contributed by atoms with Crippen molar-refractivity contribution in [2.45, 2.75) is 24.9 Å². The molecule has 1 unspecified atom stereocenters. The molecule has 3 heteroatoms. The molecular formula is C13H10O3. The van der Waals surface area contributed by atoms with Crippen molar-refractivity contribution in [2.24, 2.45) is 5.92 Å². The summed E-state index contributed by atoms with van der Waals surface area (Å²) in [6, 6.07) is 11.2. The average Bonchev–Trinajstić information content (AvgIpc) is 2.76. The first-order chi connectivity index (χ1) is 7.70. The molecule has 80 valence electrons. The molecule has 1 aliphatic heterocycles. The largest absolute Gasteiger partial charge is 0.450 e. The molecule has 1 aliphatic carbocycles. The fourth-order valence-electron chi connectivity index (χ4n) is 2.24. The quantitative estimate of drug-likeness (QED) is 0.692. The summed E-state index contributed by atoms with van der Waals surface area (Å²) in [5.74, 6) is -0.350. The van der Waals surface area contributed by atoms with E-state index < -0.39 is 5.60 Å². The van der Waals surface area contributed by atoms with Crippen molar-refractivity contribution >= 4 is 11.8 Å². The molecule has 1 saturated carbocycles. The van der Waals surface area contributed by atoms with Crippen LogP contribution in [0.5, 0.6) is 0 Å². The van der Waals surface area contributed by atoms with Crippen LogP contribution in [0.3, 0.4) is 0 Å². The molecule has 2 atom stereocenters. The summed E-state index contributed by atoms with van der Waals surface area (Å²) in [6.45, 7) is 0. The Bertz CT molecular complexity index is 452. The highest BCUT2D eigenvalue weighted by atomic mass is 16.6. The maximum absolute atomic E-state index is 11.6. The number of esters is 1. The van der Waals surface area contributed by atoms with E-state index in [2.05, 4.69) is 12.1 Å². The van der Waals surface area contributed by atoms with Crippen LogP contribution in [0.25, 0.3) is 0 Å². The van der Waals surface area contributed by atoms with Crippen molar-refractivity contribution in [1.29, 1.82) is 0 Å². The van der Waals surface area contributed by atoms with Crippen LogP contribution in [0.15, 0.2) is 18.2 Å². The van der Waals surface area contributed by atoms with E-state index in [0.717, 1.165) is 5.56 Å². The summed E-state index contributed by atoms with van der Waals surface area (Å²) in [5.41, 5.74) is 0.303. The number of ether oxygens (including phenoxy) is 1. The molecule has 3 rings (SSSR count). The van der Waals surface area contributed by atoms with Crippen LogP contribution >= 0.6 is 0 Å². The van der Waals surface area contributed by atoms with Gasteiger partial charge in [-0.05, 0) is 30.2 Å². The van der Waals surface area contributed by atoms with Crippen LogP contribution in [0.1, 0.15) is 18.4 Å². The van der Waals surface area contributed by atoms with Gasteiger partial charge in [0.05, 0.1) is 12.3 Å². The average molecular weight is 214 g/mol. The zero-order chi connectivity index (χ0) is 11.2. The molecule has 0 radical (unpaired) electrons. The van der Waals surface area contributed by atoms with Crippen LogP contribution < -0.4 is 0 Å². The lowest BCUT2D eigenvalue weighted by molar-refractivity contribution is -0.147. The minimum Gasteiger partial charge on any atom is -0.450 e. The molecule has 1 aromatic rings. The van der Waals surface area contributed by atoms with Gasteiger partial charge in [-0.2, -0.15) is 0 Å². The van der Waals surface area contributed by atoms with Gasteiger partial charge in [0.1, 0.15) is 0 Å². The third kappa shape index (κ3) is 1.38. The van der Waals surface area contributed by atoms with E-state index in [4.69, 9.17) is 4.74 Å². The Labute approximate surface area is 93.4 Å². The van der Waals surface area contributed by atoms with Gasteiger partial charge in [0, 0.05) is 6.42 Å². The Kier molecular flexibility index (Phi) is 1.81. The van der Waals surface area contributed by atoms with Crippen LogP contribution in [0.4, 0.5) is 0 Å². The monoisotopic (exact) mass is 214 g/mol. The van der Waals surface area contributed by atoms with E-state index in [1.807, 2.05) is 12.1 Å². The molecule has 3 nitrogen and oxygen atoms in total. The van der Waals surface area contributed by atoms with E-state index in [0.29, 0.717) is 19.3 Å². The van der Waals surface area contributed by atoms with Gasteiger partial charge >= 0.3 is 5.97 Å². The number of hydrogen-bond donors (Lipinski definition) is 0. The predicted molar refractivity (Wildman–Crippen MR) is 54.4 cm³/mol. The normalized spacial score (nSPS) is 31.4. The molecule has 2 fully saturated rings. The van der Waals surface area contributed by atoms with Crippen molar-refractivity contribution in [2.75, 3.05) is 0 Å². The SMILES string of the molecule is O=C1OC2(CC2=O)C[C@H]1Cc1cc#ccc1. The van der Waals surface area contributed by atoms with Crippen molar-refractivity contribution in [3.05, 3.63) is 35.9 Å². The van der Waals surface area contributed by atoms with Crippen molar-refractivity contribution < 1.29 is 14.3 Å². The molecule has 1 saturated heterocycles. The molecule has 0 N–H and O–H groups in total. The molecule has 2 aliphatic rings. The van der Waals surface area contributed by atoms with E-state index in [9.17, 15) is 9.59 Å². The van der Waals surface area contributed by atoms with Crippen LogP contribution in [0, 0.1) is 18.1 Å². The fourth-order valence-corrected chi connectivity index (χ4v) is 2.24. The maximum atomic E-state index is 11.6. The number of rotatable bonds is 2.